The molecule has 172 valence electrons. The molecular weight excluding hydrogens is 430 g/mol. The van der Waals surface area contributed by atoms with E-state index < -0.39 is 5.91 Å². The zero-order valence-corrected chi connectivity index (χ0v) is 19.0. The molecule has 0 aliphatic carbocycles. The lowest BCUT2D eigenvalue weighted by Crippen LogP contribution is -2.20. The van der Waals surface area contributed by atoms with Crippen molar-refractivity contribution in [1.29, 1.82) is 5.26 Å². The molecule has 0 saturated carbocycles. The molecule has 0 aromatic heterocycles. The first kappa shape index (κ1) is 24.1. The maximum atomic E-state index is 12.5. The van der Waals surface area contributed by atoms with Crippen molar-refractivity contribution in [1.82, 2.24) is 0 Å². The van der Waals surface area contributed by atoms with Gasteiger partial charge in [0.25, 0.3) is 11.8 Å². The van der Waals surface area contributed by atoms with Gasteiger partial charge in [-0.05, 0) is 79.6 Å². The number of carbonyl (C=O) groups excluding carboxylic acids is 2. The number of nitrogens with one attached hydrogen (secondary N) is 2. The van der Waals surface area contributed by atoms with Crippen molar-refractivity contribution < 1.29 is 19.1 Å². The van der Waals surface area contributed by atoms with Crippen molar-refractivity contribution in [2.45, 2.75) is 13.8 Å². The van der Waals surface area contributed by atoms with E-state index in [0.29, 0.717) is 35.0 Å². The second-order valence-corrected chi connectivity index (χ2v) is 7.36. The van der Waals surface area contributed by atoms with Crippen LogP contribution in [0.2, 0.25) is 0 Å². The summed E-state index contributed by atoms with van der Waals surface area (Å²) >= 11 is 0. The second kappa shape index (κ2) is 11.9. The molecule has 0 saturated heterocycles. The molecule has 3 aromatic carbocycles. The molecule has 3 aromatic rings. The van der Waals surface area contributed by atoms with E-state index in [1.54, 1.807) is 48.5 Å². The molecular formula is C27H25N3O4. The lowest BCUT2D eigenvalue weighted by molar-refractivity contribution is -0.118. The van der Waals surface area contributed by atoms with Crippen LogP contribution in [0.5, 0.6) is 11.5 Å². The number of amides is 2. The first-order valence-electron chi connectivity index (χ1n) is 10.7. The van der Waals surface area contributed by atoms with Crippen molar-refractivity contribution in [2.24, 2.45) is 0 Å². The van der Waals surface area contributed by atoms with Crippen molar-refractivity contribution in [3.63, 3.8) is 0 Å². The second-order valence-electron chi connectivity index (χ2n) is 7.36. The number of nitrogens with zero attached hydrogens (tertiary/aromatic N) is 1. The quantitative estimate of drug-likeness (QED) is 0.351. The Hall–Kier alpha value is -4.57. The van der Waals surface area contributed by atoms with Crippen LogP contribution >= 0.6 is 0 Å². The molecule has 7 nitrogen and oxygen atoms in total. The van der Waals surface area contributed by atoms with E-state index in [9.17, 15) is 14.9 Å². The Labute approximate surface area is 198 Å². The molecule has 0 fully saturated rings. The summed E-state index contributed by atoms with van der Waals surface area (Å²) in [6.07, 6.45) is 1.48. The Balaban J connectivity index is 1.55. The van der Waals surface area contributed by atoms with Crippen molar-refractivity contribution in [2.75, 3.05) is 23.8 Å². The van der Waals surface area contributed by atoms with Crippen LogP contribution in [0.4, 0.5) is 11.4 Å². The molecule has 3 rings (SSSR count). The fraction of sp³-hybridized carbons (Fsp3) is 0.148. The Kier molecular flexibility index (Phi) is 8.42. The van der Waals surface area contributed by atoms with Gasteiger partial charge in [-0.1, -0.05) is 24.3 Å². The molecule has 0 radical (unpaired) electrons. The van der Waals surface area contributed by atoms with Gasteiger partial charge in [0.1, 0.15) is 23.1 Å². The summed E-state index contributed by atoms with van der Waals surface area (Å²) in [6, 6.07) is 23.1. The number of rotatable bonds is 9. The first-order chi connectivity index (χ1) is 16.5. The van der Waals surface area contributed by atoms with E-state index in [4.69, 9.17) is 9.47 Å². The summed E-state index contributed by atoms with van der Waals surface area (Å²) < 4.78 is 10.9. The number of anilines is 2. The highest BCUT2D eigenvalue weighted by Gasteiger charge is 2.10. The van der Waals surface area contributed by atoms with Crippen LogP contribution in [0.1, 0.15) is 18.1 Å². The SMILES string of the molecule is CCOc1ccc(NC(=O)/C(C#N)=C/c2ccc(OCC(=O)Nc3cccc(C)c3)cc2)cc1. The maximum absolute atomic E-state index is 12.5. The van der Waals surface area contributed by atoms with Crippen molar-refractivity contribution in [3.8, 4) is 17.6 Å². The minimum atomic E-state index is -0.514. The molecule has 34 heavy (non-hydrogen) atoms. The molecule has 2 N–H and O–H groups in total. The smallest absolute Gasteiger partial charge is 0.266 e. The summed E-state index contributed by atoms with van der Waals surface area (Å²) in [5.74, 6) is 0.410. The molecule has 7 heteroatoms. The molecule has 0 spiro atoms. The van der Waals surface area contributed by atoms with Gasteiger partial charge >= 0.3 is 0 Å². The Morgan fingerprint density at radius 3 is 2.24 bits per heavy atom. The van der Waals surface area contributed by atoms with Gasteiger partial charge in [0.05, 0.1) is 6.61 Å². The Morgan fingerprint density at radius 2 is 1.59 bits per heavy atom. The summed E-state index contributed by atoms with van der Waals surface area (Å²) in [4.78, 5) is 24.6. The van der Waals surface area contributed by atoms with E-state index >= 15 is 0 Å². The predicted molar refractivity (Wildman–Crippen MR) is 132 cm³/mol. The number of carbonyl (C=O) groups is 2. The third-order valence-corrected chi connectivity index (χ3v) is 4.65. The van der Waals surface area contributed by atoms with E-state index in [-0.39, 0.29) is 18.1 Å². The summed E-state index contributed by atoms with van der Waals surface area (Å²) in [5.41, 5.74) is 2.92. The lowest BCUT2D eigenvalue weighted by Gasteiger charge is -2.08. The van der Waals surface area contributed by atoms with Crippen LogP contribution < -0.4 is 20.1 Å². The maximum Gasteiger partial charge on any atom is 0.266 e. The zero-order valence-electron chi connectivity index (χ0n) is 19.0. The molecule has 0 unspecified atom stereocenters. The van der Waals surface area contributed by atoms with Crippen molar-refractivity contribution in [3.05, 3.63) is 89.5 Å². The normalized spacial score (nSPS) is 10.7. The standard InChI is InChI=1S/C27H25N3O4/c1-3-33-24-13-9-22(10-14-24)30-27(32)21(17-28)16-20-7-11-25(12-8-20)34-18-26(31)29-23-6-4-5-19(2)15-23/h4-16H,3,18H2,1-2H3,(H,29,31)(H,30,32)/b21-16+. The number of aryl methyl sites for hydroxylation is 1. The van der Waals surface area contributed by atoms with E-state index in [0.717, 1.165) is 5.56 Å². The monoisotopic (exact) mass is 455 g/mol. The van der Waals surface area contributed by atoms with Crippen LogP contribution in [-0.4, -0.2) is 25.0 Å². The minimum Gasteiger partial charge on any atom is -0.494 e. The van der Waals surface area contributed by atoms with Gasteiger partial charge in [0.2, 0.25) is 0 Å². The highest BCUT2D eigenvalue weighted by molar-refractivity contribution is 6.09. The molecule has 0 atom stereocenters. The summed E-state index contributed by atoms with van der Waals surface area (Å²) in [7, 11) is 0. The van der Waals surface area contributed by atoms with Gasteiger partial charge in [-0.3, -0.25) is 9.59 Å². The van der Waals surface area contributed by atoms with Gasteiger partial charge < -0.3 is 20.1 Å². The molecule has 0 bridgehead atoms. The largest absolute Gasteiger partial charge is 0.494 e. The average Bonchev–Trinajstić information content (AvgIpc) is 2.83. The number of nitriles is 1. The fourth-order valence-electron chi connectivity index (χ4n) is 3.04. The predicted octanol–water partition coefficient (Wildman–Crippen LogP) is 4.96. The highest BCUT2D eigenvalue weighted by Crippen LogP contribution is 2.18. The van der Waals surface area contributed by atoms with Crippen molar-refractivity contribution >= 4 is 29.3 Å². The van der Waals surface area contributed by atoms with Gasteiger partial charge in [-0.2, -0.15) is 5.26 Å². The Bertz CT molecular complexity index is 1210. The molecule has 0 aliphatic heterocycles. The van der Waals surface area contributed by atoms with Crippen LogP contribution in [-0.2, 0) is 9.59 Å². The van der Waals surface area contributed by atoms with Gasteiger partial charge in [-0.25, -0.2) is 0 Å². The van der Waals surface area contributed by atoms with E-state index in [1.165, 1.54) is 6.08 Å². The zero-order chi connectivity index (χ0) is 24.3. The number of benzene rings is 3. The lowest BCUT2D eigenvalue weighted by atomic mass is 10.1. The van der Waals surface area contributed by atoms with Gasteiger partial charge in [0, 0.05) is 11.4 Å². The Morgan fingerprint density at radius 1 is 0.912 bits per heavy atom. The van der Waals surface area contributed by atoms with E-state index in [1.807, 2.05) is 44.2 Å². The molecule has 0 heterocycles. The minimum absolute atomic E-state index is 0.0416. The van der Waals surface area contributed by atoms with Gasteiger partial charge in [0.15, 0.2) is 6.61 Å². The first-order valence-corrected chi connectivity index (χ1v) is 10.7. The number of hydrogen-bond donors (Lipinski definition) is 2. The van der Waals surface area contributed by atoms with Crippen LogP contribution in [0.15, 0.2) is 78.4 Å². The number of ether oxygens (including phenoxy) is 2. The van der Waals surface area contributed by atoms with Crippen LogP contribution in [0.25, 0.3) is 6.08 Å². The average molecular weight is 456 g/mol. The molecule has 0 aliphatic rings. The third-order valence-electron chi connectivity index (χ3n) is 4.65. The molecule has 2 amide bonds. The summed E-state index contributed by atoms with van der Waals surface area (Å²) in [6.45, 7) is 4.25. The van der Waals surface area contributed by atoms with Gasteiger partial charge in [-0.15, -0.1) is 0 Å². The highest BCUT2D eigenvalue weighted by atomic mass is 16.5. The van der Waals surface area contributed by atoms with E-state index in [2.05, 4.69) is 10.6 Å². The number of hydrogen-bond acceptors (Lipinski definition) is 5. The van der Waals surface area contributed by atoms with Crippen LogP contribution in [0, 0.1) is 18.3 Å². The topological polar surface area (TPSA) is 100 Å². The van der Waals surface area contributed by atoms with Crippen LogP contribution in [0.3, 0.4) is 0 Å². The third kappa shape index (κ3) is 7.24. The summed E-state index contributed by atoms with van der Waals surface area (Å²) in [5, 5.41) is 14.9. The fourth-order valence-corrected chi connectivity index (χ4v) is 3.04.